The van der Waals surface area contributed by atoms with Crippen molar-refractivity contribution in [2.24, 2.45) is 0 Å². The van der Waals surface area contributed by atoms with Gasteiger partial charge in [-0.2, -0.15) is 0 Å². The minimum Gasteiger partial charge on any atom is -0.367 e. The number of thioether (sulfide) groups is 1. The van der Waals surface area contributed by atoms with Crippen molar-refractivity contribution in [2.45, 2.75) is 6.10 Å². The number of benzene rings is 3. The molecule has 1 aliphatic rings. The molecule has 4 rings (SSSR count). The van der Waals surface area contributed by atoms with Crippen molar-refractivity contribution in [1.82, 2.24) is 4.90 Å². The molecule has 1 heterocycles. The summed E-state index contributed by atoms with van der Waals surface area (Å²) in [7, 11) is 0. The van der Waals surface area contributed by atoms with Crippen LogP contribution >= 0.6 is 23.4 Å². The van der Waals surface area contributed by atoms with Gasteiger partial charge < -0.3 is 9.64 Å². The quantitative estimate of drug-likeness (QED) is 0.410. The molecule has 0 aliphatic carbocycles. The molecule has 31 heavy (non-hydrogen) atoms. The second-order valence-electron chi connectivity index (χ2n) is 7.27. The van der Waals surface area contributed by atoms with Crippen LogP contribution in [0.4, 0.5) is 0 Å². The molecular weight excluding hydrogens is 426 g/mol. The largest absolute Gasteiger partial charge is 0.367 e. The number of ether oxygens (including phenoxy) is 1. The normalized spacial score (nSPS) is 15.6. The van der Waals surface area contributed by atoms with E-state index in [0.717, 1.165) is 33.9 Å². The SMILES string of the molecule is O=C1C(=Cc2ccc(Cl)cc2)SCCN1CCOC(c1ccccc1)c1ccccc1. The molecular formula is C26H24ClNO2S. The Bertz CT molecular complexity index is 983. The molecule has 1 aliphatic heterocycles. The van der Waals surface area contributed by atoms with Crippen molar-refractivity contribution in [3.63, 3.8) is 0 Å². The van der Waals surface area contributed by atoms with E-state index in [2.05, 4.69) is 24.3 Å². The van der Waals surface area contributed by atoms with Crippen LogP contribution in [0.1, 0.15) is 22.8 Å². The Kier molecular flexibility index (Phi) is 7.47. The van der Waals surface area contributed by atoms with Gasteiger partial charge in [-0.25, -0.2) is 0 Å². The summed E-state index contributed by atoms with van der Waals surface area (Å²) in [6.45, 7) is 1.76. The number of rotatable bonds is 7. The first-order chi connectivity index (χ1) is 15.2. The number of carbonyl (C=O) groups excluding carboxylic acids is 1. The lowest BCUT2D eigenvalue weighted by atomic mass is 10.0. The smallest absolute Gasteiger partial charge is 0.260 e. The molecule has 0 saturated carbocycles. The number of hydrogen-bond donors (Lipinski definition) is 0. The summed E-state index contributed by atoms with van der Waals surface area (Å²) in [5.41, 5.74) is 3.20. The fourth-order valence-corrected chi connectivity index (χ4v) is 4.66. The van der Waals surface area contributed by atoms with Crippen LogP contribution in [0.2, 0.25) is 5.02 Å². The molecule has 3 aromatic carbocycles. The highest BCUT2D eigenvalue weighted by molar-refractivity contribution is 8.04. The highest BCUT2D eigenvalue weighted by Crippen LogP contribution is 2.28. The molecule has 5 heteroatoms. The summed E-state index contributed by atoms with van der Waals surface area (Å²) >= 11 is 7.57. The van der Waals surface area contributed by atoms with Gasteiger partial charge in [0.15, 0.2) is 0 Å². The first-order valence-corrected chi connectivity index (χ1v) is 11.7. The van der Waals surface area contributed by atoms with Gasteiger partial charge in [0.25, 0.3) is 5.91 Å². The summed E-state index contributed by atoms with van der Waals surface area (Å²) in [6.07, 6.45) is 1.79. The van der Waals surface area contributed by atoms with Crippen molar-refractivity contribution in [3.05, 3.63) is 112 Å². The number of hydrogen-bond acceptors (Lipinski definition) is 3. The third-order valence-electron chi connectivity index (χ3n) is 5.13. The first kappa shape index (κ1) is 21.7. The summed E-state index contributed by atoms with van der Waals surface area (Å²) in [4.78, 5) is 15.6. The molecule has 3 aromatic rings. The molecule has 0 spiro atoms. The summed E-state index contributed by atoms with van der Waals surface area (Å²) < 4.78 is 6.30. The average molecular weight is 450 g/mol. The van der Waals surface area contributed by atoms with Gasteiger partial charge in [0, 0.05) is 23.9 Å². The predicted octanol–water partition coefficient (Wildman–Crippen LogP) is 6.06. The van der Waals surface area contributed by atoms with Gasteiger partial charge in [-0.1, -0.05) is 84.4 Å². The van der Waals surface area contributed by atoms with Gasteiger partial charge in [0.05, 0.1) is 11.5 Å². The van der Waals surface area contributed by atoms with E-state index in [9.17, 15) is 4.79 Å². The first-order valence-electron chi connectivity index (χ1n) is 10.3. The van der Waals surface area contributed by atoms with E-state index in [1.807, 2.05) is 71.6 Å². The zero-order valence-corrected chi connectivity index (χ0v) is 18.7. The second-order valence-corrected chi connectivity index (χ2v) is 8.85. The highest BCUT2D eigenvalue weighted by Gasteiger charge is 2.24. The standard InChI is InChI=1S/C26H24ClNO2S/c27-23-13-11-20(12-14-23)19-24-26(29)28(16-18-31-24)15-17-30-25(21-7-3-1-4-8-21)22-9-5-2-6-10-22/h1-14,19,25H,15-18H2. The second kappa shape index (κ2) is 10.7. The fourth-order valence-electron chi connectivity index (χ4n) is 3.53. The maximum atomic E-state index is 13.0. The van der Waals surface area contributed by atoms with E-state index in [-0.39, 0.29) is 12.0 Å². The Morgan fingerprint density at radius 2 is 1.55 bits per heavy atom. The summed E-state index contributed by atoms with van der Waals surface area (Å²) in [5.74, 6) is 0.942. The molecule has 0 atom stereocenters. The Morgan fingerprint density at radius 1 is 0.935 bits per heavy atom. The van der Waals surface area contributed by atoms with Crippen LogP contribution in [0, 0.1) is 0 Å². The zero-order valence-electron chi connectivity index (χ0n) is 17.1. The fraction of sp³-hybridized carbons (Fsp3) is 0.192. The van der Waals surface area contributed by atoms with E-state index in [0.29, 0.717) is 18.2 Å². The van der Waals surface area contributed by atoms with Gasteiger partial charge in [-0.05, 0) is 34.9 Å². The van der Waals surface area contributed by atoms with E-state index in [1.54, 1.807) is 11.8 Å². The van der Waals surface area contributed by atoms with Crippen molar-refractivity contribution in [2.75, 3.05) is 25.4 Å². The van der Waals surface area contributed by atoms with Crippen LogP contribution in [0.25, 0.3) is 6.08 Å². The topological polar surface area (TPSA) is 29.5 Å². The molecule has 0 radical (unpaired) electrons. The van der Waals surface area contributed by atoms with Crippen molar-refractivity contribution in [3.8, 4) is 0 Å². The Balaban J connectivity index is 1.41. The number of nitrogens with zero attached hydrogens (tertiary/aromatic N) is 1. The molecule has 3 nitrogen and oxygen atoms in total. The van der Waals surface area contributed by atoms with Crippen molar-refractivity contribution >= 4 is 35.3 Å². The Labute approximate surface area is 192 Å². The monoisotopic (exact) mass is 449 g/mol. The molecule has 1 fully saturated rings. The van der Waals surface area contributed by atoms with E-state index in [4.69, 9.17) is 16.3 Å². The molecule has 158 valence electrons. The molecule has 0 aromatic heterocycles. The third kappa shape index (κ3) is 5.79. The van der Waals surface area contributed by atoms with E-state index >= 15 is 0 Å². The number of carbonyl (C=O) groups is 1. The van der Waals surface area contributed by atoms with Crippen LogP contribution in [0.3, 0.4) is 0 Å². The third-order valence-corrected chi connectivity index (χ3v) is 6.38. The van der Waals surface area contributed by atoms with Crippen molar-refractivity contribution < 1.29 is 9.53 Å². The van der Waals surface area contributed by atoms with Crippen LogP contribution in [-0.4, -0.2) is 36.3 Å². The summed E-state index contributed by atoms with van der Waals surface area (Å²) in [5, 5.41) is 0.690. The Morgan fingerprint density at radius 3 is 2.16 bits per heavy atom. The van der Waals surface area contributed by atoms with Crippen LogP contribution in [-0.2, 0) is 9.53 Å². The van der Waals surface area contributed by atoms with Gasteiger partial charge in [0.1, 0.15) is 6.10 Å². The van der Waals surface area contributed by atoms with Gasteiger partial charge >= 0.3 is 0 Å². The van der Waals surface area contributed by atoms with E-state index < -0.39 is 0 Å². The minimum atomic E-state index is -0.152. The predicted molar refractivity (Wildman–Crippen MR) is 129 cm³/mol. The van der Waals surface area contributed by atoms with Crippen LogP contribution < -0.4 is 0 Å². The van der Waals surface area contributed by atoms with Gasteiger partial charge in [-0.15, -0.1) is 11.8 Å². The molecule has 0 bridgehead atoms. The molecule has 0 unspecified atom stereocenters. The zero-order chi connectivity index (χ0) is 21.5. The average Bonchev–Trinajstić information content (AvgIpc) is 2.81. The molecule has 1 amide bonds. The van der Waals surface area contributed by atoms with E-state index in [1.165, 1.54) is 0 Å². The molecule has 0 N–H and O–H groups in total. The number of halogens is 1. The lowest BCUT2D eigenvalue weighted by Gasteiger charge is -2.29. The van der Waals surface area contributed by atoms with Gasteiger partial charge in [-0.3, -0.25) is 4.79 Å². The summed E-state index contributed by atoms with van der Waals surface area (Å²) in [6, 6.07) is 27.9. The minimum absolute atomic E-state index is 0.0609. The van der Waals surface area contributed by atoms with Crippen LogP contribution in [0.15, 0.2) is 89.8 Å². The van der Waals surface area contributed by atoms with Gasteiger partial charge in [0.2, 0.25) is 0 Å². The maximum Gasteiger partial charge on any atom is 0.260 e. The number of amides is 1. The maximum absolute atomic E-state index is 13.0. The molecule has 1 saturated heterocycles. The van der Waals surface area contributed by atoms with Crippen molar-refractivity contribution in [1.29, 1.82) is 0 Å². The lowest BCUT2D eigenvalue weighted by Crippen LogP contribution is -2.39. The lowest BCUT2D eigenvalue weighted by molar-refractivity contribution is -0.127. The highest BCUT2D eigenvalue weighted by atomic mass is 35.5. The van der Waals surface area contributed by atoms with Crippen LogP contribution in [0.5, 0.6) is 0 Å². The Hall–Kier alpha value is -2.53.